The molecule has 2 aromatic carbocycles. The quantitative estimate of drug-likeness (QED) is 0.517. The highest BCUT2D eigenvalue weighted by Gasteiger charge is 2.00. The van der Waals surface area contributed by atoms with Crippen molar-refractivity contribution in [2.24, 2.45) is 0 Å². The van der Waals surface area contributed by atoms with Gasteiger partial charge in [-0.1, -0.05) is 42.2 Å². The lowest BCUT2D eigenvalue weighted by molar-refractivity contribution is 0.140. The van der Waals surface area contributed by atoms with Gasteiger partial charge in [0, 0.05) is 24.2 Å². The van der Waals surface area contributed by atoms with Gasteiger partial charge in [0.1, 0.15) is 6.61 Å². The van der Waals surface area contributed by atoms with Crippen molar-refractivity contribution in [2.75, 3.05) is 12.3 Å². The van der Waals surface area contributed by atoms with Gasteiger partial charge in [-0.3, -0.25) is 0 Å². The van der Waals surface area contributed by atoms with Crippen LogP contribution in [0.2, 0.25) is 0 Å². The summed E-state index contributed by atoms with van der Waals surface area (Å²) in [5.41, 5.74) is 8.18. The largest absolute Gasteiger partial charge is 0.445 e. The van der Waals surface area contributed by atoms with Crippen molar-refractivity contribution in [3.63, 3.8) is 0 Å². The average Bonchev–Trinajstić information content (AvgIpc) is 2.55. The van der Waals surface area contributed by atoms with Gasteiger partial charge in [-0.05, 0) is 29.8 Å². The van der Waals surface area contributed by atoms with E-state index in [4.69, 9.17) is 10.5 Å². The van der Waals surface area contributed by atoms with Crippen molar-refractivity contribution < 1.29 is 9.53 Å². The van der Waals surface area contributed by atoms with Crippen LogP contribution in [0.1, 0.15) is 17.5 Å². The number of alkyl carbamates (subject to hydrolysis) is 1. The van der Waals surface area contributed by atoms with Crippen LogP contribution in [0.25, 0.3) is 0 Å². The van der Waals surface area contributed by atoms with E-state index in [9.17, 15) is 4.79 Å². The van der Waals surface area contributed by atoms with Gasteiger partial charge in [0.25, 0.3) is 0 Å². The molecule has 0 aliphatic heterocycles. The zero-order valence-electron chi connectivity index (χ0n) is 12.2. The second kappa shape index (κ2) is 8.38. The van der Waals surface area contributed by atoms with Crippen molar-refractivity contribution in [1.82, 2.24) is 5.32 Å². The van der Waals surface area contributed by atoms with E-state index in [1.165, 1.54) is 0 Å². The van der Waals surface area contributed by atoms with E-state index < -0.39 is 6.09 Å². The maximum atomic E-state index is 11.5. The molecule has 1 amide bonds. The Labute approximate surface area is 130 Å². The number of ether oxygens (including phenoxy) is 1. The van der Waals surface area contributed by atoms with E-state index >= 15 is 0 Å². The molecule has 0 aromatic heterocycles. The molecule has 4 heteroatoms. The average molecular weight is 294 g/mol. The summed E-state index contributed by atoms with van der Waals surface area (Å²) in [4.78, 5) is 11.5. The molecule has 2 aromatic rings. The molecule has 0 spiro atoms. The predicted molar refractivity (Wildman–Crippen MR) is 87.0 cm³/mol. The van der Waals surface area contributed by atoms with E-state index in [-0.39, 0.29) is 6.61 Å². The molecule has 0 saturated carbocycles. The number of anilines is 1. The number of nitrogens with one attached hydrogen (secondary N) is 1. The zero-order chi connectivity index (χ0) is 15.6. The Morgan fingerprint density at radius 1 is 1.09 bits per heavy atom. The first-order chi connectivity index (χ1) is 10.7. The SMILES string of the molecule is Nc1ccc(C#CCCNC(=O)OCc2ccccc2)cc1. The number of nitrogen functional groups attached to an aromatic ring is 1. The van der Waals surface area contributed by atoms with Crippen molar-refractivity contribution >= 4 is 11.8 Å². The first-order valence-corrected chi connectivity index (χ1v) is 7.03. The van der Waals surface area contributed by atoms with E-state index in [2.05, 4.69) is 17.2 Å². The summed E-state index contributed by atoms with van der Waals surface area (Å²) in [6.07, 6.45) is 0.128. The lowest BCUT2D eigenvalue weighted by Crippen LogP contribution is -2.24. The monoisotopic (exact) mass is 294 g/mol. The number of nitrogens with two attached hydrogens (primary N) is 1. The third-order valence-corrected chi connectivity index (χ3v) is 2.88. The number of hydrogen-bond acceptors (Lipinski definition) is 3. The smallest absolute Gasteiger partial charge is 0.407 e. The van der Waals surface area contributed by atoms with Crippen LogP contribution in [-0.4, -0.2) is 12.6 Å². The van der Waals surface area contributed by atoms with Crippen molar-refractivity contribution in [3.05, 3.63) is 65.7 Å². The van der Waals surface area contributed by atoms with Crippen LogP contribution in [0.3, 0.4) is 0 Å². The van der Waals surface area contributed by atoms with Gasteiger partial charge in [-0.15, -0.1) is 0 Å². The standard InChI is InChI=1S/C18H18N2O2/c19-17-11-9-15(10-12-17)6-4-5-13-20-18(21)22-14-16-7-2-1-3-8-16/h1-3,7-12H,5,13-14,19H2,(H,20,21). The van der Waals surface area contributed by atoms with Crippen LogP contribution in [0.15, 0.2) is 54.6 Å². The van der Waals surface area contributed by atoms with Crippen molar-refractivity contribution in [2.45, 2.75) is 13.0 Å². The molecule has 3 N–H and O–H groups in total. The first kappa shape index (κ1) is 15.5. The zero-order valence-corrected chi connectivity index (χ0v) is 12.2. The van der Waals surface area contributed by atoms with Crippen LogP contribution in [0.5, 0.6) is 0 Å². The number of rotatable bonds is 4. The Morgan fingerprint density at radius 2 is 1.82 bits per heavy atom. The number of hydrogen-bond donors (Lipinski definition) is 2. The topological polar surface area (TPSA) is 64.3 Å². The molecule has 22 heavy (non-hydrogen) atoms. The van der Waals surface area contributed by atoms with Crippen molar-refractivity contribution in [3.8, 4) is 11.8 Å². The minimum absolute atomic E-state index is 0.268. The molecule has 0 atom stereocenters. The molecule has 2 rings (SSSR count). The summed E-state index contributed by atoms with van der Waals surface area (Å²) in [7, 11) is 0. The van der Waals surface area contributed by atoms with E-state index in [0.29, 0.717) is 18.7 Å². The maximum absolute atomic E-state index is 11.5. The fourth-order valence-electron chi connectivity index (χ4n) is 1.73. The Kier molecular flexibility index (Phi) is 5.89. The molecule has 0 radical (unpaired) electrons. The summed E-state index contributed by atoms with van der Waals surface area (Å²) in [6, 6.07) is 16.9. The van der Waals surface area contributed by atoms with Crippen molar-refractivity contribution in [1.29, 1.82) is 0 Å². The van der Waals surface area contributed by atoms with E-state index in [1.54, 1.807) is 0 Å². The minimum Gasteiger partial charge on any atom is -0.445 e. The van der Waals surface area contributed by atoms with Gasteiger partial charge < -0.3 is 15.8 Å². The van der Waals surface area contributed by atoms with Gasteiger partial charge >= 0.3 is 6.09 Å². The second-order valence-corrected chi connectivity index (χ2v) is 4.66. The van der Waals surface area contributed by atoms with Gasteiger partial charge in [0.05, 0.1) is 0 Å². The first-order valence-electron chi connectivity index (χ1n) is 7.03. The number of amides is 1. The second-order valence-electron chi connectivity index (χ2n) is 4.66. The Morgan fingerprint density at radius 3 is 2.55 bits per heavy atom. The summed E-state index contributed by atoms with van der Waals surface area (Å²) in [6.45, 7) is 0.722. The summed E-state index contributed by atoms with van der Waals surface area (Å²) in [5, 5.41) is 2.66. The molecule has 4 nitrogen and oxygen atoms in total. The highest BCUT2D eigenvalue weighted by Crippen LogP contribution is 2.03. The predicted octanol–water partition coefficient (Wildman–Crippen LogP) is 2.94. The molecule has 112 valence electrons. The van der Waals surface area contributed by atoms with E-state index in [1.807, 2.05) is 54.6 Å². The molecule has 0 unspecified atom stereocenters. The Balaban J connectivity index is 1.64. The molecule has 0 heterocycles. The molecule has 0 bridgehead atoms. The maximum Gasteiger partial charge on any atom is 0.407 e. The van der Waals surface area contributed by atoms with Crippen LogP contribution in [0.4, 0.5) is 10.5 Å². The Hall–Kier alpha value is -2.93. The highest BCUT2D eigenvalue weighted by molar-refractivity contribution is 5.67. The molecule has 0 saturated heterocycles. The van der Waals surface area contributed by atoms with Crippen LogP contribution < -0.4 is 11.1 Å². The number of carbonyl (C=O) groups is 1. The third kappa shape index (κ3) is 5.59. The minimum atomic E-state index is -0.432. The molecular weight excluding hydrogens is 276 g/mol. The summed E-state index contributed by atoms with van der Waals surface area (Å²) >= 11 is 0. The molecule has 0 fully saturated rings. The molecular formula is C18H18N2O2. The highest BCUT2D eigenvalue weighted by atomic mass is 16.5. The molecule has 0 aliphatic rings. The fraction of sp³-hybridized carbons (Fsp3) is 0.167. The fourth-order valence-corrected chi connectivity index (χ4v) is 1.73. The Bertz CT molecular complexity index is 655. The van der Waals surface area contributed by atoms with Crippen LogP contribution >= 0.6 is 0 Å². The lowest BCUT2D eigenvalue weighted by Gasteiger charge is -2.05. The summed E-state index contributed by atoms with van der Waals surface area (Å²) < 4.78 is 5.09. The number of carbonyl (C=O) groups excluding carboxylic acids is 1. The van der Waals surface area contributed by atoms with Gasteiger partial charge in [0.2, 0.25) is 0 Å². The number of benzene rings is 2. The molecule has 0 aliphatic carbocycles. The third-order valence-electron chi connectivity index (χ3n) is 2.88. The van der Waals surface area contributed by atoms with Crippen LogP contribution in [0, 0.1) is 11.8 Å². The van der Waals surface area contributed by atoms with Gasteiger partial charge in [-0.25, -0.2) is 4.79 Å². The normalized spacial score (nSPS) is 9.45. The summed E-state index contributed by atoms with van der Waals surface area (Å²) in [5.74, 6) is 5.99. The van der Waals surface area contributed by atoms with Gasteiger partial charge in [0.15, 0.2) is 0 Å². The van der Waals surface area contributed by atoms with E-state index in [0.717, 1.165) is 11.1 Å². The lowest BCUT2D eigenvalue weighted by atomic mass is 10.2. The van der Waals surface area contributed by atoms with Gasteiger partial charge in [-0.2, -0.15) is 0 Å². The van der Waals surface area contributed by atoms with Crippen LogP contribution in [-0.2, 0) is 11.3 Å².